The molecule has 0 aliphatic carbocycles. The van der Waals surface area contributed by atoms with Gasteiger partial charge in [-0.25, -0.2) is 4.98 Å². The van der Waals surface area contributed by atoms with Gasteiger partial charge in [-0.3, -0.25) is 9.59 Å². The molecule has 8 heteroatoms. The number of halogens is 3. The van der Waals surface area contributed by atoms with E-state index >= 15 is 0 Å². The van der Waals surface area contributed by atoms with E-state index in [2.05, 4.69) is 9.97 Å². The number of alkyl halides is 3. The van der Waals surface area contributed by atoms with Gasteiger partial charge in [0.15, 0.2) is 5.78 Å². The molecule has 1 atom stereocenters. The number of hydrogen-bond donors (Lipinski definition) is 1. The zero-order chi connectivity index (χ0) is 21.0. The number of carbonyl (C=O) groups excluding carboxylic acids is 1. The minimum absolute atomic E-state index is 0.0590. The first-order valence-electron chi connectivity index (χ1n) is 8.77. The zero-order valence-electron chi connectivity index (χ0n) is 15.4. The molecule has 0 saturated heterocycles. The Morgan fingerprint density at radius 1 is 1.10 bits per heavy atom. The van der Waals surface area contributed by atoms with E-state index in [-0.39, 0.29) is 40.5 Å². The molecular formula is C21H17F3N2O2S. The first-order chi connectivity index (χ1) is 13.7. The van der Waals surface area contributed by atoms with Crippen LogP contribution in [0.2, 0.25) is 0 Å². The lowest BCUT2D eigenvalue weighted by Crippen LogP contribution is -2.15. The summed E-state index contributed by atoms with van der Waals surface area (Å²) in [5.74, 6) is -0.245. The molecule has 0 radical (unpaired) electrons. The Labute approximate surface area is 169 Å². The summed E-state index contributed by atoms with van der Waals surface area (Å²) in [6.45, 7) is 1.80. The standard InChI is InChI=1S/C21H17F3N2O2S/c1-13(14-7-9-16(10-8-14)29-21(22,23)24)11-18(27)17-12-19(28)26-20(25-17)15-5-3-2-4-6-15/h2-10,12-13H,11H2,1H3,(H,25,26,28)/t13-/m0/s1. The summed E-state index contributed by atoms with van der Waals surface area (Å²) in [6.07, 6.45) is 0.0798. The van der Waals surface area contributed by atoms with Crippen LogP contribution in [0.15, 0.2) is 70.4 Å². The van der Waals surface area contributed by atoms with Gasteiger partial charge in [-0.05, 0) is 35.4 Å². The van der Waals surface area contributed by atoms with Gasteiger partial charge >= 0.3 is 5.51 Å². The zero-order valence-corrected chi connectivity index (χ0v) is 16.2. The van der Waals surface area contributed by atoms with Crippen molar-refractivity contribution in [2.24, 2.45) is 0 Å². The fourth-order valence-corrected chi connectivity index (χ4v) is 3.37. The average molecular weight is 418 g/mol. The third-order valence-electron chi connectivity index (χ3n) is 4.25. The average Bonchev–Trinajstić information content (AvgIpc) is 2.67. The Balaban J connectivity index is 1.74. The van der Waals surface area contributed by atoms with Crippen molar-refractivity contribution in [3.05, 3.63) is 82.3 Å². The van der Waals surface area contributed by atoms with Crippen LogP contribution >= 0.6 is 11.8 Å². The van der Waals surface area contributed by atoms with Crippen molar-refractivity contribution in [1.82, 2.24) is 9.97 Å². The summed E-state index contributed by atoms with van der Waals surface area (Å²) in [6, 6.07) is 16.0. The van der Waals surface area contributed by atoms with Gasteiger partial charge in [0.25, 0.3) is 5.56 Å². The van der Waals surface area contributed by atoms with Crippen molar-refractivity contribution in [2.75, 3.05) is 0 Å². The molecule has 0 aliphatic heterocycles. The topological polar surface area (TPSA) is 62.8 Å². The Hall–Kier alpha value is -2.87. The van der Waals surface area contributed by atoms with Crippen LogP contribution in [0.4, 0.5) is 13.2 Å². The Bertz CT molecular complexity index is 1050. The second-order valence-corrected chi connectivity index (χ2v) is 7.63. The highest BCUT2D eigenvalue weighted by atomic mass is 32.2. The van der Waals surface area contributed by atoms with Gasteiger partial charge in [-0.15, -0.1) is 0 Å². The minimum atomic E-state index is -4.34. The second kappa shape index (κ2) is 8.65. The number of aromatic nitrogens is 2. The molecule has 0 saturated carbocycles. The molecule has 0 bridgehead atoms. The number of Topliss-reactive ketones (excluding diaryl/α,β-unsaturated/α-hetero) is 1. The summed E-state index contributed by atoms with van der Waals surface area (Å²) in [7, 11) is 0. The number of hydrogen-bond acceptors (Lipinski definition) is 4. The largest absolute Gasteiger partial charge is 0.446 e. The van der Waals surface area contributed by atoms with Crippen molar-refractivity contribution in [3.63, 3.8) is 0 Å². The normalized spacial score (nSPS) is 12.6. The van der Waals surface area contributed by atoms with Crippen LogP contribution in [-0.2, 0) is 0 Å². The van der Waals surface area contributed by atoms with Crippen LogP contribution < -0.4 is 5.56 Å². The predicted molar refractivity (Wildman–Crippen MR) is 106 cm³/mol. The molecule has 2 aromatic carbocycles. The first-order valence-corrected chi connectivity index (χ1v) is 9.58. The van der Waals surface area contributed by atoms with E-state index in [0.29, 0.717) is 11.4 Å². The SMILES string of the molecule is C[C@@H](CC(=O)c1cc(=O)[nH]c(-c2ccccc2)n1)c1ccc(SC(F)(F)F)cc1. The highest BCUT2D eigenvalue weighted by Gasteiger charge is 2.29. The van der Waals surface area contributed by atoms with Crippen molar-refractivity contribution in [2.45, 2.75) is 29.7 Å². The highest BCUT2D eigenvalue weighted by molar-refractivity contribution is 8.00. The molecule has 0 aliphatic rings. The smallest absolute Gasteiger partial charge is 0.306 e. The number of aromatic amines is 1. The fourth-order valence-electron chi connectivity index (χ4n) is 2.83. The lowest BCUT2D eigenvalue weighted by atomic mass is 9.95. The van der Waals surface area contributed by atoms with Gasteiger partial charge in [0.2, 0.25) is 0 Å². The first kappa shape index (κ1) is 20.9. The summed E-state index contributed by atoms with van der Waals surface area (Å²) in [5, 5.41) is 0. The molecule has 1 aromatic heterocycles. The number of carbonyl (C=O) groups is 1. The maximum absolute atomic E-state index is 12.7. The molecule has 0 spiro atoms. The Morgan fingerprint density at radius 2 is 1.76 bits per heavy atom. The van der Waals surface area contributed by atoms with Crippen LogP contribution in [0.3, 0.4) is 0 Å². The van der Waals surface area contributed by atoms with E-state index in [0.717, 1.165) is 11.6 Å². The molecule has 4 nitrogen and oxygen atoms in total. The van der Waals surface area contributed by atoms with E-state index in [1.165, 1.54) is 12.1 Å². The predicted octanol–water partition coefficient (Wildman–Crippen LogP) is 5.43. The lowest BCUT2D eigenvalue weighted by molar-refractivity contribution is -0.0328. The highest BCUT2D eigenvalue weighted by Crippen LogP contribution is 2.37. The summed E-state index contributed by atoms with van der Waals surface area (Å²) >= 11 is -0.182. The molecule has 1 heterocycles. The second-order valence-electron chi connectivity index (χ2n) is 6.49. The van der Waals surface area contributed by atoms with Crippen LogP contribution in [0.25, 0.3) is 11.4 Å². The molecule has 29 heavy (non-hydrogen) atoms. The van der Waals surface area contributed by atoms with E-state index in [1.54, 1.807) is 43.3 Å². The molecule has 3 rings (SSSR count). The van der Waals surface area contributed by atoms with Gasteiger partial charge < -0.3 is 4.98 Å². The fraction of sp³-hybridized carbons (Fsp3) is 0.190. The summed E-state index contributed by atoms with van der Waals surface area (Å²) in [4.78, 5) is 31.6. The van der Waals surface area contributed by atoms with Gasteiger partial charge in [0, 0.05) is 22.9 Å². The number of thioether (sulfide) groups is 1. The van der Waals surface area contributed by atoms with Crippen LogP contribution in [0.5, 0.6) is 0 Å². The quantitative estimate of drug-likeness (QED) is 0.429. The maximum atomic E-state index is 12.7. The molecule has 0 amide bonds. The van der Waals surface area contributed by atoms with Crippen LogP contribution in [0, 0.1) is 0 Å². The number of H-pyrrole nitrogens is 1. The molecule has 0 unspecified atom stereocenters. The summed E-state index contributed by atoms with van der Waals surface area (Å²) in [5.41, 5.74) is -3.29. The number of nitrogens with one attached hydrogen (secondary N) is 1. The van der Waals surface area contributed by atoms with Crippen molar-refractivity contribution in [1.29, 1.82) is 0 Å². The molecule has 1 N–H and O–H groups in total. The van der Waals surface area contributed by atoms with Gasteiger partial charge in [0.1, 0.15) is 11.5 Å². The van der Waals surface area contributed by atoms with Crippen molar-refractivity contribution >= 4 is 17.5 Å². The van der Waals surface area contributed by atoms with Gasteiger partial charge in [-0.1, -0.05) is 49.4 Å². The van der Waals surface area contributed by atoms with Crippen LogP contribution in [0.1, 0.15) is 35.3 Å². The lowest BCUT2D eigenvalue weighted by Gasteiger charge is -2.12. The minimum Gasteiger partial charge on any atom is -0.306 e. The number of rotatable bonds is 6. The Kier molecular flexibility index (Phi) is 6.22. The third-order valence-corrected chi connectivity index (χ3v) is 4.99. The Morgan fingerprint density at radius 3 is 2.38 bits per heavy atom. The van der Waals surface area contributed by atoms with E-state index in [9.17, 15) is 22.8 Å². The molecular weight excluding hydrogens is 401 g/mol. The maximum Gasteiger partial charge on any atom is 0.446 e. The van der Waals surface area contributed by atoms with Crippen molar-refractivity contribution < 1.29 is 18.0 Å². The monoisotopic (exact) mass is 418 g/mol. The number of ketones is 1. The van der Waals surface area contributed by atoms with Gasteiger partial charge in [0.05, 0.1) is 0 Å². The summed E-state index contributed by atoms with van der Waals surface area (Å²) < 4.78 is 37.3. The molecule has 0 fully saturated rings. The van der Waals surface area contributed by atoms with E-state index < -0.39 is 11.1 Å². The van der Waals surface area contributed by atoms with Crippen molar-refractivity contribution in [3.8, 4) is 11.4 Å². The molecule has 150 valence electrons. The van der Waals surface area contributed by atoms with Crippen LogP contribution in [-0.4, -0.2) is 21.3 Å². The molecule has 3 aromatic rings. The van der Waals surface area contributed by atoms with Gasteiger partial charge in [-0.2, -0.15) is 13.2 Å². The van der Waals surface area contributed by atoms with E-state index in [4.69, 9.17) is 0 Å². The number of nitrogens with zero attached hydrogens (tertiary/aromatic N) is 1. The number of benzene rings is 2. The third kappa shape index (κ3) is 5.80. The van der Waals surface area contributed by atoms with E-state index in [1.807, 2.05) is 6.07 Å².